The quantitative estimate of drug-likeness (QED) is 0.589. The average molecular weight is 163 g/mol. The number of nitrogens with zero attached hydrogens (tertiary/aromatic N) is 3. The number of aromatic hydroxyl groups is 2. The molecule has 0 fully saturated rings. The first kappa shape index (κ1) is 6.78. The highest BCUT2D eigenvalue weighted by molar-refractivity contribution is 5.82. The van der Waals surface area contributed by atoms with Gasteiger partial charge in [0.2, 0.25) is 0 Å². The minimum absolute atomic E-state index is 0.0369. The normalized spacial score (nSPS) is 10.3. The number of aromatic nitrogens is 3. The Morgan fingerprint density at radius 2 is 2.00 bits per heavy atom. The van der Waals surface area contributed by atoms with Gasteiger partial charge in [-0.05, 0) is 6.07 Å². The van der Waals surface area contributed by atoms with E-state index in [0.717, 1.165) is 0 Å². The second kappa shape index (κ2) is 2.30. The highest BCUT2D eigenvalue weighted by Gasteiger charge is 2.02. The Balaban J connectivity index is 2.86. The smallest absolute Gasteiger partial charge is 0.257 e. The lowest BCUT2D eigenvalue weighted by Gasteiger charge is -1.96. The zero-order valence-electron chi connectivity index (χ0n) is 5.97. The lowest BCUT2D eigenvalue weighted by Crippen LogP contribution is -1.85. The molecule has 0 saturated carbocycles. The molecule has 60 valence electrons. The standard InChI is InChI=1S/C7H5N3O2/c11-5-1-4-2-9-10-7(12)6(4)8-3-5/h1-3,11H,(H,10,12). The van der Waals surface area contributed by atoms with E-state index in [1.807, 2.05) is 0 Å². The van der Waals surface area contributed by atoms with Gasteiger partial charge in [-0.3, -0.25) is 0 Å². The summed E-state index contributed by atoms with van der Waals surface area (Å²) in [5, 5.41) is 25.6. The zero-order valence-corrected chi connectivity index (χ0v) is 5.97. The fraction of sp³-hybridized carbons (Fsp3) is 0. The van der Waals surface area contributed by atoms with Crippen molar-refractivity contribution in [2.75, 3.05) is 0 Å². The van der Waals surface area contributed by atoms with Crippen LogP contribution >= 0.6 is 0 Å². The summed E-state index contributed by atoms with van der Waals surface area (Å²) in [6.07, 6.45) is 2.66. The van der Waals surface area contributed by atoms with E-state index in [1.165, 1.54) is 18.5 Å². The van der Waals surface area contributed by atoms with Crippen molar-refractivity contribution in [2.45, 2.75) is 0 Å². The minimum atomic E-state index is -0.229. The van der Waals surface area contributed by atoms with E-state index in [1.54, 1.807) is 0 Å². The fourth-order valence-corrected chi connectivity index (χ4v) is 0.949. The molecule has 0 aromatic carbocycles. The first-order valence-corrected chi connectivity index (χ1v) is 3.27. The van der Waals surface area contributed by atoms with Gasteiger partial charge in [0.05, 0.1) is 12.4 Å². The summed E-state index contributed by atoms with van der Waals surface area (Å²) in [6, 6.07) is 1.46. The van der Waals surface area contributed by atoms with Crippen molar-refractivity contribution < 1.29 is 10.2 Å². The third-order valence-corrected chi connectivity index (χ3v) is 1.46. The number of hydrogen-bond donors (Lipinski definition) is 2. The third-order valence-electron chi connectivity index (χ3n) is 1.46. The summed E-state index contributed by atoms with van der Waals surface area (Å²) in [4.78, 5) is 3.78. The molecule has 2 aromatic heterocycles. The van der Waals surface area contributed by atoms with Gasteiger partial charge in [0.1, 0.15) is 11.3 Å². The Morgan fingerprint density at radius 3 is 2.83 bits per heavy atom. The van der Waals surface area contributed by atoms with Crippen LogP contribution in [0.3, 0.4) is 0 Å². The summed E-state index contributed by atoms with van der Waals surface area (Å²) < 4.78 is 0. The molecule has 12 heavy (non-hydrogen) atoms. The Hall–Kier alpha value is -1.91. The molecule has 0 amide bonds. The van der Waals surface area contributed by atoms with Gasteiger partial charge >= 0.3 is 0 Å². The van der Waals surface area contributed by atoms with Crippen LogP contribution in [-0.4, -0.2) is 25.4 Å². The van der Waals surface area contributed by atoms with Crippen molar-refractivity contribution in [2.24, 2.45) is 0 Å². The summed E-state index contributed by atoms with van der Waals surface area (Å²) >= 11 is 0. The maximum absolute atomic E-state index is 9.14. The van der Waals surface area contributed by atoms with Gasteiger partial charge in [0.15, 0.2) is 0 Å². The molecule has 0 unspecified atom stereocenters. The van der Waals surface area contributed by atoms with Crippen LogP contribution in [0.5, 0.6) is 11.6 Å². The summed E-state index contributed by atoms with van der Waals surface area (Å²) in [7, 11) is 0. The molecule has 2 heterocycles. The van der Waals surface area contributed by atoms with Crippen LogP contribution in [-0.2, 0) is 0 Å². The topological polar surface area (TPSA) is 79.1 Å². The largest absolute Gasteiger partial charge is 0.506 e. The van der Waals surface area contributed by atoms with Gasteiger partial charge in [0, 0.05) is 5.39 Å². The van der Waals surface area contributed by atoms with E-state index in [9.17, 15) is 0 Å². The number of hydrogen-bond acceptors (Lipinski definition) is 5. The maximum atomic E-state index is 9.14. The van der Waals surface area contributed by atoms with Crippen LogP contribution in [0.2, 0.25) is 0 Å². The number of fused-ring (bicyclic) bond motifs is 1. The van der Waals surface area contributed by atoms with E-state index in [2.05, 4.69) is 15.2 Å². The van der Waals surface area contributed by atoms with E-state index >= 15 is 0 Å². The molecular weight excluding hydrogens is 158 g/mol. The molecule has 0 aliphatic heterocycles. The van der Waals surface area contributed by atoms with Gasteiger partial charge in [-0.15, -0.1) is 5.10 Å². The van der Waals surface area contributed by atoms with Gasteiger partial charge in [-0.2, -0.15) is 5.10 Å². The SMILES string of the molecule is Oc1cnc2c(O)nncc2c1. The van der Waals surface area contributed by atoms with Gasteiger partial charge in [-0.1, -0.05) is 0 Å². The van der Waals surface area contributed by atoms with Crippen LogP contribution in [0.25, 0.3) is 10.9 Å². The average Bonchev–Trinajstić information content (AvgIpc) is 2.04. The van der Waals surface area contributed by atoms with Gasteiger partial charge in [0.25, 0.3) is 5.88 Å². The van der Waals surface area contributed by atoms with Crippen LogP contribution < -0.4 is 0 Å². The molecule has 2 rings (SSSR count). The predicted molar refractivity (Wildman–Crippen MR) is 40.7 cm³/mol. The molecule has 0 saturated heterocycles. The molecule has 2 aromatic rings. The molecule has 2 N–H and O–H groups in total. The lowest BCUT2D eigenvalue weighted by atomic mass is 10.3. The van der Waals surface area contributed by atoms with Crippen molar-refractivity contribution in [1.29, 1.82) is 0 Å². The first-order chi connectivity index (χ1) is 5.77. The predicted octanol–water partition coefficient (Wildman–Crippen LogP) is 0.436. The van der Waals surface area contributed by atoms with Crippen molar-refractivity contribution >= 4 is 10.9 Å². The van der Waals surface area contributed by atoms with Gasteiger partial charge in [-0.25, -0.2) is 4.98 Å². The Labute approximate surface area is 67.3 Å². The van der Waals surface area contributed by atoms with Crippen molar-refractivity contribution in [3.05, 3.63) is 18.5 Å². The van der Waals surface area contributed by atoms with Crippen molar-refractivity contribution in [1.82, 2.24) is 15.2 Å². The Bertz CT molecular complexity index is 430. The van der Waals surface area contributed by atoms with Crippen molar-refractivity contribution in [3.8, 4) is 11.6 Å². The van der Waals surface area contributed by atoms with Crippen LogP contribution in [0.1, 0.15) is 0 Å². The molecule has 0 spiro atoms. The highest BCUT2D eigenvalue weighted by Crippen LogP contribution is 2.20. The Morgan fingerprint density at radius 1 is 1.17 bits per heavy atom. The maximum Gasteiger partial charge on any atom is 0.257 e. The molecule has 0 aliphatic carbocycles. The first-order valence-electron chi connectivity index (χ1n) is 3.27. The summed E-state index contributed by atoms with van der Waals surface area (Å²) in [5.74, 6) is -0.192. The van der Waals surface area contributed by atoms with E-state index in [-0.39, 0.29) is 11.6 Å². The molecule has 0 radical (unpaired) electrons. The molecule has 0 bridgehead atoms. The van der Waals surface area contributed by atoms with Crippen molar-refractivity contribution in [3.63, 3.8) is 0 Å². The molecule has 5 heteroatoms. The highest BCUT2D eigenvalue weighted by atomic mass is 16.3. The number of rotatable bonds is 0. The van der Waals surface area contributed by atoms with Crippen LogP contribution in [0, 0.1) is 0 Å². The molecule has 0 aliphatic rings. The zero-order chi connectivity index (χ0) is 8.55. The molecule has 5 nitrogen and oxygen atoms in total. The second-order valence-electron chi connectivity index (χ2n) is 2.30. The summed E-state index contributed by atoms with van der Waals surface area (Å²) in [5.41, 5.74) is 0.336. The van der Waals surface area contributed by atoms with E-state index < -0.39 is 0 Å². The molecular formula is C7H5N3O2. The summed E-state index contributed by atoms with van der Waals surface area (Å²) in [6.45, 7) is 0. The van der Waals surface area contributed by atoms with E-state index in [4.69, 9.17) is 10.2 Å². The fourth-order valence-electron chi connectivity index (χ4n) is 0.949. The minimum Gasteiger partial charge on any atom is -0.506 e. The third kappa shape index (κ3) is 0.914. The monoisotopic (exact) mass is 163 g/mol. The number of pyridine rings is 1. The lowest BCUT2D eigenvalue weighted by molar-refractivity contribution is 0.450. The molecule has 0 atom stereocenters. The Kier molecular flexibility index (Phi) is 1.30. The van der Waals surface area contributed by atoms with E-state index in [0.29, 0.717) is 10.9 Å². The second-order valence-corrected chi connectivity index (χ2v) is 2.30. The van der Waals surface area contributed by atoms with Crippen LogP contribution in [0.4, 0.5) is 0 Å². The van der Waals surface area contributed by atoms with Gasteiger partial charge < -0.3 is 10.2 Å². The van der Waals surface area contributed by atoms with Crippen LogP contribution in [0.15, 0.2) is 18.5 Å².